The van der Waals surface area contributed by atoms with Gasteiger partial charge in [0.15, 0.2) is 9.84 Å². The Morgan fingerprint density at radius 1 is 1.26 bits per heavy atom. The molecule has 0 unspecified atom stereocenters. The highest BCUT2D eigenvalue weighted by Gasteiger charge is 2.11. The fourth-order valence-corrected chi connectivity index (χ4v) is 2.25. The second-order valence-corrected chi connectivity index (χ2v) is 6.36. The van der Waals surface area contributed by atoms with Crippen molar-refractivity contribution in [3.63, 3.8) is 0 Å². The number of carbonyl (C=O) groups excluding carboxylic acids is 1. The van der Waals surface area contributed by atoms with Crippen LogP contribution < -0.4 is 5.32 Å². The molecule has 0 atom stereocenters. The van der Waals surface area contributed by atoms with Crippen molar-refractivity contribution in [3.8, 4) is 0 Å². The van der Waals surface area contributed by atoms with E-state index in [1.165, 1.54) is 12.1 Å². The van der Waals surface area contributed by atoms with E-state index in [2.05, 4.69) is 5.32 Å². The number of benzene rings is 1. The molecule has 0 bridgehead atoms. The maximum absolute atomic E-state index is 11.8. The van der Waals surface area contributed by atoms with Crippen LogP contribution in [0.5, 0.6) is 0 Å². The van der Waals surface area contributed by atoms with Crippen LogP contribution >= 0.6 is 0 Å². The number of rotatable bonds is 7. The van der Waals surface area contributed by atoms with E-state index >= 15 is 0 Å². The number of nitrogens with one attached hydrogen (secondary N) is 1. The van der Waals surface area contributed by atoms with Gasteiger partial charge in [-0.3, -0.25) is 4.79 Å². The summed E-state index contributed by atoms with van der Waals surface area (Å²) in [5.74, 6) is -0.283. The predicted octanol–water partition coefficient (Wildman–Crippen LogP) is 0.982. The van der Waals surface area contributed by atoms with Crippen molar-refractivity contribution in [2.45, 2.75) is 24.2 Å². The molecule has 2 N–H and O–H groups in total. The first-order valence-corrected chi connectivity index (χ1v) is 8.03. The molecule has 0 saturated carbocycles. The number of unbranched alkanes of at least 4 members (excludes halogenated alkanes) is 2. The Labute approximate surface area is 113 Å². The first kappa shape index (κ1) is 15.7. The van der Waals surface area contributed by atoms with Gasteiger partial charge in [-0.05, 0) is 37.5 Å². The molecule has 1 rings (SSSR count). The molecule has 0 heterocycles. The molecule has 0 aliphatic carbocycles. The summed E-state index contributed by atoms with van der Waals surface area (Å²) >= 11 is 0. The summed E-state index contributed by atoms with van der Waals surface area (Å²) in [5, 5.41) is 11.3. The Morgan fingerprint density at radius 3 is 2.63 bits per heavy atom. The lowest BCUT2D eigenvalue weighted by Crippen LogP contribution is -2.24. The molecule has 0 aliphatic heterocycles. The summed E-state index contributed by atoms with van der Waals surface area (Å²) in [7, 11) is -3.30. The Morgan fingerprint density at radius 2 is 2.00 bits per heavy atom. The Kier molecular flexibility index (Phi) is 5.98. The van der Waals surface area contributed by atoms with Crippen LogP contribution in [0.2, 0.25) is 0 Å². The van der Waals surface area contributed by atoms with Crippen molar-refractivity contribution >= 4 is 15.7 Å². The zero-order chi connectivity index (χ0) is 14.3. The first-order valence-electron chi connectivity index (χ1n) is 6.14. The molecule has 0 aromatic heterocycles. The number of carbonyl (C=O) groups is 1. The average Bonchev–Trinajstić information content (AvgIpc) is 2.37. The van der Waals surface area contributed by atoms with E-state index in [0.717, 1.165) is 25.5 Å². The molecule has 19 heavy (non-hydrogen) atoms. The van der Waals surface area contributed by atoms with Crippen LogP contribution in [-0.2, 0) is 9.84 Å². The van der Waals surface area contributed by atoms with Gasteiger partial charge in [0, 0.05) is 25.0 Å². The summed E-state index contributed by atoms with van der Waals surface area (Å²) in [6, 6.07) is 5.97. The van der Waals surface area contributed by atoms with Gasteiger partial charge in [0.25, 0.3) is 5.91 Å². The lowest BCUT2D eigenvalue weighted by Gasteiger charge is -2.06. The molecular weight excluding hydrogens is 266 g/mol. The lowest BCUT2D eigenvalue weighted by atomic mass is 10.2. The first-order chi connectivity index (χ1) is 8.95. The van der Waals surface area contributed by atoms with Crippen LogP contribution in [0.1, 0.15) is 29.6 Å². The monoisotopic (exact) mass is 285 g/mol. The van der Waals surface area contributed by atoms with Gasteiger partial charge in [-0.1, -0.05) is 6.07 Å². The van der Waals surface area contributed by atoms with E-state index in [1.807, 2.05) is 0 Å². The van der Waals surface area contributed by atoms with Gasteiger partial charge in [-0.2, -0.15) is 0 Å². The molecule has 0 radical (unpaired) electrons. The van der Waals surface area contributed by atoms with E-state index in [4.69, 9.17) is 5.11 Å². The lowest BCUT2D eigenvalue weighted by molar-refractivity contribution is 0.0952. The number of aliphatic hydroxyl groups excluding tert-OH is 1. The van der Waals surface area contributed by atoms with Crippen molar-refractivity contribution in [1.82, 2.24) is 5.32 Å². The molecule has 0 saturated heterocycles. The Bertz CT molecular complexity index is 525. The van der Waals surface area contributed by atoms with E-state index in [0.29, 0.717) is 12.1 Å². The predicted molar refractivity (Wildman–Crippen MR) is 72.8 cm³/mol. The maximum Gasteiger partial charge on any atom is 0.251 e. The Hall–Kier alpha value is -1.40. The Balaban J connectivity index is 2.58. The minimum absolute atomic E-state index is 0.139. The summed E-state index contributed by atoms with van der Waals surface area (Å²) in [4.78, 5) is 11.9. The molecule has 1 amide bonds. The van der Waals surface area contributed by atoms with Gasteiger partial charge >= 0.3 is 0 Å². The molecule has 0 fully saturated rings. The van der Waals surface area contributed by atoms with Gasteiger partial charge in [-0.25, -0.2) is 8.42 Å². The van der Waals surface area contributed by atoms with Gasteiger partial charge in [0.1, 0.15) is 0 Å². The van der Waals surface area contributed by atoms with Gasteiger partial charge in [0.05, 0.1) is 4.90 Å². The molecule has 1 aromatic rings. The van der Waals surface area contributed by atoms with Gasteiger partial charge < -0.3 is 10.4 Å². The third kappa shape index (κ3) is 5.40. The van der Waals surface area contributed by atoms with Crippen LogP contribution in [0.3, 0.4) is 0 Å². The zero-order valence-corrected chi connectivity index (χ0v) is 11.7. The third-order valence-corrected chi connectivity index (χ3v) is 3.76. The SMILES string of the molecule is CS(=O)(=O)c1cccc(C(=O)NCCCCCO)c1. The minimum atomic E-state index is -3.30. The van der Waals surface area contributed by atoms with E-state index in [9.17, 15) is 13.2 Å². The van der Waals surface area contributed by atoms with Crippen molar-refractivity contribution in [3.05, 3.63) is 29.8 Å². The largest absolute Gasteiger partial charge is 0.396 e. The van der Waals surface area contributed by atoms with Crippen molar-refractivity contribution in [2.75, 3.05) is 19.4 Å². The molecule has 106 valence electrons. The maximum atomic E-state index is 11.8. The summed E-state index contributed by atoms with van der Waals surface area (Å²) < 4.78 is 22.8. The summed E-state index contributed by atoms with van der Waals surface area (Å²) in [6.45, 7) is 0.673. The second kappa shape index (κ2) is 7.25. The standard InChI is InChI=1S/C13H19NO4S/c1-19(17,18)12-7-5-6-11(10-12)13(16)14-8-3-2-4-9-15/h5-7,10,15H,2-4,8-9H2,1H3,(H,14,16). The summed E-state index contributed by atoms with van der Waals surface area (Å²) in [5.41, 5.74) is 0.338. The molecule has 0 spiro atoms. The van der Waals surface area contributed by atoms with E-state index in [1.54, 1.807) is 12.1 Å². The van der Waals surface area contributed by atoms with Crippen molar-refractivity contribution in [1.29, 1.82) is 0 Å². The minimum Gasteiger partial charge on any atom is -0.396 e. The highest BCUT2D eigenvalue weighted by atomic mass is 32.2. The van der Waals surface area contributed by atoms with Crippen LogP contribution in [0.25, 0.3) is 0 Å². The quantitative estimate of drug-likeness (QED) is 0.732. The van der Waals surface area contributed by atoms with E-state index < -0.39 is 9.84 Å². The normalized spacial score (nSPS) is 11.3. The number of aliphatic hydroxyl groups is 1. The van der Waals surface area contributed by atoms with Crippen LogP contribution in [-0.4, -0.2) is 38.8 Å². The third-order valence-electron chi connectivity index (χ3n) is 2.64. The number of sulfone groups is 1. The zero-order valence-electron chi connectivity index (χ0n) is 10.9. The molecule has 5 nitrogen and oxygen atoms in total. The fourth-order valence-electron chi connectivity index (χ4n) is 1.59. The van der Waals surface area contributed by atoms with Crippen LogP contribution in [0.4, 0.5) is 0 Å². The molecule has 0 aliphatic rings. The second-order valence-electron chi connectivity index (χ2n) is 4.34. The highest BCUT2D eigenvalue weighted by molar-refractivity contribution is 7.90. The van der Waals surface area contributed by atoms with Gasteiger partial charge in [0.2, 0.25) is 0 Å². The van der Waals surface area contributed by atoms with Crippen molar-refractivity contribution in [2.24, 2.45) is 0 Å². The smallest absolute Gasteiger partial charge is 0.251 e. The molecule has 6 heteroatoms. The number of hydrogen-bond donors (Lipinski definition) is 2. The van der Waals surface area contributed by atoms with Crippen LogP contribution in [0, 0.1) is 0 Å². The number of hydrogen-bond acceptors (Lipinski definition) is 4. The van der Waals surface area contributed by atoms with Gasteiger partial charge in [-0.15, -0.1) is 0 Å². The van der Waals surface area contributed by atoms with Crippen molar-refractivity contribution < 1.29 is 18.3 Å². The average molecular weight is 285 g/mol. The highest BCUT2D eigenvalue weighted by Crippen LogP contribution is 2.11. The number of amides is 1. The fraction of sp³-hybridized carbons (Fsp3) is 0.462. The molecule has 1 aromatic carbocycles. The van der Waals surface area contributed by atoms with E-state index in [-0.39, 0.29) is 17.4 Å². The molecular formula is C13H19NO4S. The topological polar surface area (TPSA) is 83.5 Å². The van der Waals surface area contributed by atoms with Crippen LogP contribution in [0.15, 0.2) is 29.2 Å². The summed E-state index contributed by atoms with van der Waals surface area (Å²) in [6.07, 6.45) is 3.47.